The molecule has 0 heterocycles. The molecule has 0 N–H and O–H groups in total. The average molecular weight is 272 g/mol. The first-order chi connectivity index (χ1) is 7.15. The molecule has 0 saturated heterocycles. The Morgan fingerprint density at radius 2 is 2.13 bits per heavy atom. The summed E-state index contributed by atoms with van der Waals surface area (Å²) in [6.45, 7) is 0. The highest BCUT2D eigenvalue weighted by atomic mass is 79.9. The topological polar surface area (TPSA) is 29.5 Å². The van der Waals surface area contributed by atoms with Crippen molar-refractivity contribution < 1.29 is 9.63 Å². The molecule has 0 aliphatic rings. The van der Waals surface area contributed by atoms with Gasteiger partial charge in [-0.05, 0) is 18.1 Å². The SMILES string of the molecule is CON(C)C(=O)CCc1ccccc1Br. The molecule has 0 unspecified atom stereocenters. The number of hydroxylamine groups is 2. The maximum absolute atomic E-state index is 11.4. The lowest BCUT2D eigenvalue weighted by atomic mass is 10.1. The van der Waals surface area contributed by atoms with Crippen molar-refractivity contribution in [3.05, 3.63) is 34.3 Å². The summed E-state index contributed by atoms with van der Waals surface area (Å²) >= 11 is 3.44. The second kappa shape index (κ2) is 5.88. The fourth-order valence-electron chi connectivity index (χ4n) is 1.20. The molecular weight excluding hydrogens is 258 g/mol. The monoisotopic (exact) mass is 271 g/mol. The molecule has 0 saturated carbocycles. The first-order valence-electron chi connectivity index (χ1n) is 4.69. The van der Waals surface area contributed by atoms with Gasteiger partial charge in [0.05, 0.1) is 7.11 Å². The van der Waals surface area contributed by atoms with Crippen molar-refractivity contribution in [2.24, 2.45) is 0 Å². The molecule has 0 aliphatic heterocycles. The zero-order chi connectivity index (χ0) is 11.3. The Morgan fingerprint density at radius 1 is 1.47 bits per heavy atom. The first-order valence-corrected chi connectivity index (χ1v) is 5.48. The molecule has 0 bridgehead atoms. The molecule has 0 aromatic heterocycles. The van der Waals surface area contributed by atoms with Crippen LogP contribution in [-0.4, -0.2) is 25.1 Å². The molecule has 1 aromatic rings. The van der Waals surface area contributed by atoms with E-state index in [1.165, 1.54) is 12.2 Å². The van der Waals surface area contributed by atoms with Gasteiger partial charge in [-0.25, -0.2) is 5.06 Å². The maximum atomic E-state index is 11.4. The second-order valence-corrected chi connectivity index (χ2v) is 4.02. The minimum absolute atomic E-state index is 0.0201. The van der Waals surface area contributed by atoms with Crippen LogP contribution in [0.1, 0.15) is 12.0 Å². The Kier molecular flexibility index (Phi) is 4.78. The lowest BCUT2D eigenvalue weighted by molar-refractivity contribution is -0.168. The summed E-state index contributed by atoms with van der Waals surface area (Å²) in [5, 5.41) is 1.25. The quantitative estimate of drug-likeness (QED) is 0.788. The maximum Gasteiger partial charge on any atom is 0.246 e. The van der Waals surface area contributed by atoms with Gasteiger partial charge in [0.25, 0.3) is 0 Å². The number of benzene rings is 1. The molecule has 0 atom stereocenters. The van der Waals surface area contributed by atoms with Gasteiger partial charge in [0.2, 0.25) is 5.91 Å². The van der Waals surface area contributed by atoms with Crippen molar-refractivity contribution in [3.63, 3.8) is 0 Å². The number of hydrogen-bond donors (Lipinski definition) is 0. The van der Waals surface area contributed by atoms with Crippen LogP contribution >= 0.6 is 15.9 Å². The van der Waals surface area contributed by atoms with E-state index in [0.29, 0.717) is 12.8 Å². The standard InChI is InChI=1S/C11H14BrNO2/c1-13(15-2)11(14)8-7-9-5-3-4-6-10(9)12/h3-6H,7-8H2,1-2H3. The van der Waals surface area contributed by atoms with Gasteiger partial charge in [-0.15, -0.1) is 0 Å². The number of nitrogens with zero attached hydrogens (tertiary/aromatic N) is 1. The van der Waals surface area contributed by atoms with Crippen molar-refractivity contribution in [3.8, 4) is 0 Å². The molecule has 4 heteroatoms. The Hall–Kier alpha value is -0.870. The van der Waals surface area contributed by atoms with E-state index in [9.17, 15) is 4.79 Å². The molecule has 1 amide bonds. The highest BCUT2D eigenvalue weighted by molar-refractivity contribution is 9.10. The van der Waals surface area contributed by atoms with Gasteiger partial charge >= 0.3 is 0 Å². The fraction of sp³-hybridized carbons (Fsp3) is 0.364. The summed E-state index contributed by atoms with van der Waals surface area (Å²) in [5.41, 5.74) is 1.13. The molecule has 0 aliphatic carbocycles. The summed E-state index contributed by atoms with van der Waals surface area (Å²) in [6.07, 6.45) is 1.17. The van der Waals surface area contributed by atoms with E-state index in [1.54, 1.807) is 7.05 Å². The number of carbonyl (C=O) groups is 1. The minimum atomic E-state index is -0.0201. The summed E-state index contributed by atoms with van der Waals surface area (Å²) in [5.74, 6) is -0.0201. The van der Waals surface area contributed by atoms with Crippen LogP contribution in [0.5, 0.6) is 0 Å². The highest BCUT2D eigenvalue weighted by Gasteiger charge is 2.08. The minimum Gasteiger partial charge on any atom is -0.275 e. The summed E-state index contributed by atoms with van der Waals surface area (Å²) in [7, 11) is 3.10. The molecular formula is C11H14BrNO2. The normalized spacial score (nSPS) is 10.1. The molecule has 0 spiro atoms. The number of hydrogen-bond acceptors (Lipinski definition) is 2. The van der Waals surface area contributed by atoms with Crippen LogP contribution < -0.4 is 0 Å². The number of amides is 1. The van der Waals surface area contributed by atoms with E-state index in [2.05, 4.69) is 15.9 Å². The average Bonchev–Trinajstić information content (AvgIpc) is 2.26. The van der Waals surface area contributed by atoms with Crippen molar-refractivity contribution >= 4 is 21.8 Å². The molecule has 0 fully saturated rings. The van der Waals surface area contributed by atoms with Gasteiger partial charge in [0.1, 0.15) is 0 Å². The van der Waals surface area contributed by atoms with E-state index < -0.39 is 0 Å². The van der Waals surface area contributed by atoms with Gasteiger partial charge < -0.3 is 0 Å². The number of halogens is 1. The van der Waals surface area contributed by atoms with Gasteiger partial charge in [-0.3, -0.25) is 9.63 Å². The van der Waals surface area contributed by atoms with Gasteiger partial charge in [-0.2, -0.15) is 0 Å². The lowest BCUT2D eigenvalue weighted by Crippen LogP contribution is -2.25. The molecule has 3 nitrogen and oxygen atoms in total. The van der Waals surface area contributed by atoms with E-state index in [0.717, 1.165) is 10.0 Å². The summed E-state index contributed by atoms with van der Waals surface area (Å²) in [6, 6.07) is 7.89. The van der Waals surface area contributed by atoms with Gasteiger partial charge in [0, 0.05) is 17.9 Å². The summed E-state index contributed by atoms with van der Waals surface area (Å²) < 4.78 is 1.04. The predicted octanol–water partition coefficient (Wildman–Crippen LogP) is 2.40. The molecule has 1 rings (SSSR count). The number of aryl methyl sites for hydroxylation is 1. The third kappa shape index (κ3) is 3.64. The van der Waals surface area contributed by atoms with E-state index in [4.69, 9.17) is 4.84 Å². The fourth-order valence-corrected chi connectivity index (χ4v) is 1.69. The van der Waals surface area contributed by atoms with Crippen molar-refractivity contribution in [2.75, 3.05) is 14.2 Å². The van der Waals surface area contributed by atoms with Crippen LogP contribution in [-0.2, 0) is 16.1 Å². The first kappa shape index (κ1) is 12.2. The molecule has 15 heavy (non-hydrogen) atoms. The second-order valence-electron chi connectivity index (χ2n) is 3.17. The molecule has 1 aromatic carbocycles. The van der Waals surface area contributed by atoms with E-state index >= 15 is 0 Å². The zero-order valence-electron chi connectivity index (χ0n) is 8.87. The Morgan fingerprint density at radius 3 is 2.73 bits per heavy atom. The largest absolute Gasteiger partial charge is 0.275 e. The third-order valence-corrected chi connectivity index (χ3v) is 2.96. The molecule has 0 radical (unpaired) electrons. The van der Waals surface area contributed by atoms with Crippen LogP contribution in [0.3, 0.4) is 0 Å². The van der Waals surface area contributed by atoms with E-state index in [1.807, 2.05) is 24.3 Å². The predicted molar refractivity (Wildman–Crippen MR) is 62.2 cm³/mol. The Bertz CT molecular complexity index is 341. The smallest absolute Gasteiger partial charge is 0.246 e. The van der Waals surface area contributed by atoms with Crippen LogP contribution in [0.4, 0.5) is 0 Å². The lowest BCUT2D eigenvalue weighted by Gasteiger charge is -2.13. The van der Waals surface area contributed by atoms with Crippen LogP contribution in [0, 0.1) is 0 Å². The van der Waals surface area contributed by atoms with Gasteiger partial charge in [-0.1, -0.05) is 34.1 Å². The van der Waals surface area contributed by atoms with Crippen LogP contribution in [0.25, 0.3) is 0 Å². The third-order valence-electron chi connectivity index (χ3n) is 2.19. The van der Waals surface area contributed by atoms with Crippen molar-refractivity contribution in [2.45, 2.75) is 12.8 Å². The Labute approximate surface area is 98.1 Å². The van der Waals surface area contributed by atoms with Crippen molar-refractivity contribution in [1.29, 1.82) is 0 Å². The van der Waals surface area contributed by atoms with Crippen LogP contribution in [0.2, 0.25) is 0 Å². The highest BCUT2D eigenvalue weighted by Crippen LogP contribution is 2.17. The number of rotatable bonds is 4. The van der Waals surface area contributed by atoms with Gasteiger partial charge in [0.15, 0.2) is 0 Å². The van der Waals surface area contributed by atoms with Crippen LogP contribution in [0.15, 0.2) is 28.7 Å². The van der Waals surface area contributed by atoms with Crippen molar-refractivity contribution in [1.82, 2.24) is 5.06 Å². The zero-order valence-corrected chi connectivity index (χ0v) is 10.5. The Balaban J connectivity index is 2.51. The summed E-state index contributed by atoms with van der Waals surface area (Å²) in [4.78, 5) is 16.2. The number of carbonyl (C=O) groups excluding carboxylic acids is 1. The van der Waals surface area contributed by atoms with E-state index in [-0.39, 0.29) is 5.91 Å². The molecule has 82 valence electrons.